The van der Waals surface area contributed by atoms with Crippen LogP contribution >= 0.6 is 0 Å². The highest BCUT2D eigenvalue weighted by Gasteiger charge is 2.41. The molecule has 1 N–H and O–H groups in total. The molecule has 18 heteroatoms. The fraction of sp³-hybridized carbons (Fsp3) is 0.316. The number of benzene rings is 4. The maximum Gasteiger partial charge on any atom is 0.335 e. The Balaban J connectivity index is 1.74. The van der Waals surface area contributed by atoms with Crippen LogP contribution in [-0.4, -0.2) is 36.3 Å². The van der Waals surface area contributed by atoms with Crippen LogP contribution in [0.3, 0.4) is 0 Å². The van der Waals surface area contributed by atoms with Crippen LogP contribution < -0.4 is 4.90 Å². The molecule has 4 aromatic carbocycles. The lowest BCUT2D eigenvalue weighted by Crippen LogP contribution is -2.44. The standard InChI is InChI=1S/C38H32F10N2O5S/c1-16-8-21(37(52)53)9-17(2)35(16)50(13-18-10-20(19-6-7-19)12-22(11-18)38(3,4)5)24(51)15-49(14-23-25(39)27(41)29(43)28(42)26(23)40)56(54,55)36-33(47)31(45)30(44)32(46)34(36)48/h8-12,19H,6-7,13-15H2,1-5H3,(H,52,53). The Kier molecular flexibility index (Phi) is 11.4. The zero-order valence-corrected chi connectivity index (χ0v) is 31.0. The first-order valence-electron chi connectivity index (χ1n) is 16.7. The van der Waals surface area contributed by atoms with Crippen molar-refractivity contribution in [2.45, 2.75) is 76.8 Å². The lowest BCUT2D eigenvalue weighted by molar-refractivity contribution is -0.119. The summed E-state index contributed by atoms with van der Waals surface area (Å²) in [5.41, 5.74) is -0.310. The molecule has 1 saturated carbocycles. The first-order chi connectivity index (χ1) is 25.9. The Morgan fingerprint density at radius 3 is 1.61 bits per heavy atom. The summed E-state index contributed by atoms with van der Waals surface area (Å²) in [4.78, 5) is 24.6. The van der Waals surface area contributed by atoms with Crippen molar-refractivity contribution in [3.05, 3.63) is 127 Å². The number of rotatable bonds is 11. The average Bonchev–Trinajstić information content (AvgIpc) is 3.97. The summed E-state index contributed by atoms with van der Waals surface area (Å²) in [6.07, 6.45) is 1.71. The first-order valence-corrected chi connectivity index (χ1v) is 18.1. The molecule has 0 aromatic heterocycles. The van der Waals surface area contributed by atoms with Gasteiger partial charge in [-0.05, 0) is 78.0 Å². The molecule has 1 aliphatic rings. The van der Waals surface area contributed by atoms with Gasteiger partial charge in [-0.15, -0.1) is 0 Å². The number of halogens is 10. The molecule has 0 atom stereocenters. The van der Waals surface area contributed by atoms with Gasteiger partial charge in [-0.2, -0.15) is 4.31 Å². The van der Waals surface area contributed by atoms with Gasteiger partial charge in [0, 0.05) is 17.8 Å². The molecule has 7 nitrogen and oxygen atoms in total. The second-order valence-corrected chi connectivity index (χ2v) is 16.3. The van der Waals surface area contributed by atoms with Crippen molar-refractivity contribution in [3.63, 3.8) is 0 Å². The van der Waals surface area contributed by atoms with Crippen molar-refractivity contribution < 1.29 is 67.0 Å². The smallest absolute Gasteiger partial charge is 0.335 e. The normalized spacial score (nSPS) is 13.4. The van der Waals surface area contributed by atoms with E-state index in [4.69, 9.17) is 0 Å². The lowest BCUT2D eigenvalue weighted by atomic mass is 9.84. The number of amides is 1. The topological polar surface area (TPSA) is 95.0 Å². The SMILES string of the molecule is Cc1cc(C(=O)O)cc(C)c1N(Cc1cc(C2CC2)cc(C(C)(C)C)c1)C(=O)CN(Cc1c(F)c(F)c(F)c(F)c1F)S(=O)(=O)c1c(F)c(F)c(F)c(F)c1F. The van der Waals surface area contributed by atoms with Crippen LogP contribution in [0.4, 0.5) is 49.6 Å². The van der Waals surface area contributed by atoms with Gasteiger partial charge >= 0.3 is 5.97 Å². The highest BCUT2D eigenvalue weighted by molar-refractivity contribution is 7.89. The molecule has 1 aliphatic carbocycles. The molecule has 4 aromatic rings. The number of hydrogen-bond acceptors (Lipinski definition) is 4. The van der Waals surface area contributed by atoms with Gasteiger partial charge in [0.2, 0.25) is 27.6 Å². The van der Waals surface area contributed by atoms with E-state index < -0.39 is 120 Å². The molecule has 0 aliphatic heterocycles. The fourth-order valence-corrected chi connectivity index (χ4v) is 7.71. The zero-order chi connectivity index (χ0) is 41.9. The second-order valence-electron chi connectivity index (χ2n) is 14.5. The number of anilines is 1. The molecule has 56 heavy (non-hydrogen) atoms. The van der Waals surface area contributed by atoms with Crippen molar-refractivity contribution in [2.75, 3.05) is 11.4 Å². The number of carbonyl (C=O) groups excluding carboxylic acids is 1. The van der Waals surface area contributed by atoms with Crippen LogP contribution in [0.15, 0.2) is 35.2 Å². The maximum atomic E-state index is 15.0. The fourth-order valence-electron chi connectivity index (χ4n) is 6.24. The van der Waals surface area contributed by atoms with Crippen LogP contribution in [-0.2, 0) is 33.3 Å². The van der Waals surface area contributed by atoms with E-state index in [0.29, 0.717) is 5.56 Å². The summed E-state index contributed by atoms with van der Waals surface area (Å²) in [6.45, 7) is 4.26. The monoisotopic (exact) mass is 818 g/mol. The third kappa shape index (κ3) is 7.85. The number of nitrogens with zero attached hydrogens (tertiary/aromatic N) is 2. The van der Waals surface area contributed by atoms with Gasteiger partial charge in [0.15, 0.2) is 51.4 Å². The Labute approximate surface area is 314 Å². The van der Waals surface area contributed by atoms with Gasteiger partial charge in [-0.25, -0.2) is 57.1 Å². The molecule has 1 amide bonds. The summed E-state index contributed by atoms with van der Waals surface area (Å²) in [5, 5.41) is 9.63. The molecule has 0 radical (unpaired) electrons. The van der Waals surface area contributed by atoms with E-state index in [1.54, 1.807) is 12.1 Å². The summed E-state index contributed by atoms with van der Waals surface area (Å²) < 4.78 is 172. The third-order valence-corrected chi connectivity index (χ3v) is 11.1. The molecule has 5 rings (SSSR count). The molecule has 300 valence electrons. The highest BCUT2D eigenvalue weighted by Crippen LogP contribution is 2.42. The lowest BCUT2D eigenvalue weighted by Gasteiger charge is -2.31. The molecule has 0 spiro atoms. The highest BCUT2D eigenvalue weighted by atomic mass is 32.2. The Morgan fingerprint density at radius 1 is 0.696 bits per heavy atom. The summed E-state index contributed by atoms with van der Waals surface area (Å²) >= 11 is 0. The Bertz CT molecular complexity index is 2330. The number of sulfonamides is 1. The van der Waals surface area contributed by atoms with Crippen LogP contribution in [0.1, 0.15) is 83.3 Å². The Hall–Kier alpha value is -4.97. The third-order valence-electron chi connectivity index (χ3n) is 9.29. The van der Waals surface area contributed by atoms with Crippen LogP contribution in [0, 0.1) is 72.0 Å². The van der Waals surface area contributed by atoms with Crippen molar-refractivity contribution in [2.24, 2.45) is 0 Å². The van der Waals surface area contributed by atoms with E-state index in [1.165, 1.54) is 13.8 Å². The molecule has 0 bridgehead atoms. The molecule has 0 heterocycles. The predicted molar refractivity (Wildman–Crippen MR) is 181 cm³/mol. The van der Waals surface area contributed by atoms with Gasteiger partial charge in [0.25, 0.3) is 0 Å². The quantitative estimate of drug-likeness (QED) is 0.0927. The van der Waals surface area contributed by atoms with E-state index in [1.807, 2.05) is 26.8 Å². The van der Waals surface area contributed by atoms with Crippen LogP contribution in [0.2, 0.25) is 0 Å². The van der Waals surface area contributed by atoms with Gasteiger partial charge in [-0.3, -0.25) is 4.79 Å². The minimum absolute atomic E-state index is 0.0426. The van der Waals surface area contributed by atoms with E-state index in [0.717, 1.165) is 41.0 Å². The number of hydrogen-bond donors (Lipinski definition) is 1. The van der Waals surface area contributed by atoms with Crippen molar-refractivity contribution in [1.29, 1.82) is 0 Å². The first kappa shape index (κ1) is 42.2. The van der Waals surface area contributed by atoms with Gasteiger partial charge in [0.1, 0.15) is 0 Å². The van der Waals surface area contributed by atoms with Gasteiger partial charge < -0.3 is 10.0 Å². The summed E-state index contributed by atoms with van der Waals surface area (Å²) in [5.74, 6) is -29.9. The number of aryl methyl sites for hydroxylation is 2. The summed E-state index contributed by atoms with van der Waals surface area (Å²) in [6, 6.07) is 7.75. The Morgan fingerprint density at radius 2 is 1.16 bits per heavy atom. The summed E-state index contributed by atoms with van der Waals surface area (Å²) in [7, 11) is -6.31. The number of carboxylic acid groups (broad SMARTS) is 1. The number of carboxylic acids is 1. The van der Waals surface area contributed by atoms with Crippen LogP contribution in [0.5, 0.6) is 0 Å². The van der Waals surface area contributed by atoms with Crippen molar-refractivity contribution in [3.8, 4) is 0 Å². The number of aromatic carboxylic acids is 1. The second kappa shape index (κ2) is 15.2. The minimum atomic E-state index is -6.31. The van der Waals surface area contributed by atoms with E-state index in [2.05, 4.69) is 0 Å². The van der Waals surface area contributed by atoms with Crippen molar-refractivity contribution >= 4 is 27.6 Å². The largest absolute Gasteiger partial charge is 0.478 e. The molecular weight excluding hydrogens is 786 g/mol. The van der Waals surface area contributed by atoms with Crippen LogP contribution in [0.25, 0.3) is 0 Å². The zero-order valence-electron chi connectivity index (χ0n) is 30.2. The minimum Gasteiger partial charge on any atom is -0.478 e. The van der Waals surface area contributed by atoms with E-state index in [-0.39, 0.29) is 28.3 Å². The van der Waals surface area contributed by atoms with Gasteiger partial charge in [0.05, 0.1) is 18.7 Å². The predicted octanol–water partition coefficient (Wildman–Crippen LogP) is 8.99. The maximum absolute atomic E-state index is 15.0. The van der Waals surface area contributed by atoms with Gasteiger partial charge in [-0.1, -0.05) is 39.0 Å². The van der Waals surface area contributed by atoms with E-state index in [9.17, 15) is 58.2 Å². The molecule has 1 fully saturated rings. The van der Waals surface area contributed by atoms with E-state index >= 15 is 8.78 Å². The average molecular weight is 819 g/mol. The van der Waals surface area contributed by atoms with Crippen molar-refractivity contribution in [1.82, 2.24) is 4.31 Å². The molecule has 0 saturated heterocycles. The number of carbonyl (C=O) groups is 2. The molecular formula is C38H32F10N2O5S. The molecule has 0 unspecified atom stereocenters.